The van der Waals surface area contributed by atoms with Crippen LogP contribution in [0.15, 0.2) is 31.8 Å². The molecule has 2 N–H and O–H groups in total. The van der Waals surface area contributed by atoms with E-state index < -0.39 is 0 Å². The molecule has 0 aliphatic rings. The zero-order valence-corrected chi connectivity index (χ0v) is 8.24. The number of rotatable bonds is 2. The molecule has 0 spiro atoms. The molecule has 0 bridgehead atoms. The molecule has 2 aromatic rings. The fourth-order valence-corrected chi connectivity index (χ4v) is 1.28. The van der Waals surface area contributed by atoms with Crippen LogP contribution in [0.5, 0.6) is 0 Å². The van der Waals surface area contributed by atoms with Crippen LogP contribution in [-0.2, 0) is 6.54 Å². The molecule has 0 saturated carbocycles. The maximum Gasteiger partial charge on any atom is 0.202 e. The molecule has 68 valence electrons. The first kappa shape index (κ1) is 8.52. The Hall–Kier alpha value is -1.07. The van der Waals surface area contributed by atoms with Gasteiger partial charge in [-0.05, 0) is 28.1 Å². The summed E-state index contributed by atoms with van der Waals surface area (Å²) in [7, 11) is 0. The summed E-state index contributed by atoms with van der Waals surface area (Å²) in [5.74, 6) is 1.23. The second-order valence-electron chi connectivity index (χ2n) is 2.49. The molecule has 0 fully saturated rings. The molecular formula is C8H7BrN2O2. The van der Waals surface area contributed by atoms with Gasteiger partial charge in [0.1, 0.15) is 0 Å². The quantitative estimate of drug-likeness (QED) is 0.877. The van der Waals surface area contributed by atoms with Crippen LogP contribution < -0.4 is 5.73 Å². The fourth-order valence-electron chi connectivity index (χ4n) is 0.971. The molecular weight excluding hydrogens is 236 g/mol. The lowest BCUT2D eigenvalue weighted by Gasteiger charge is -1.84. The molecule has 2 aromatic heterocycles. The van der Waals surface area contributed by atoms with E-state index in [2.05, 4.69) is 21.1 Å². The van der Waals surface area contributed by atoms with Gasteiger partial charge in [0.15, 0.2) is 10.4 Å². The minimum absolute atomic E-state index is 0.366. The van der Waals surface area contributed by atoms with Crippen LogP contribution in [0.3, 0.4) is 0 Å². The van der Waals surface area contributed by atoms with Crippen LogP contribution in [0.1, 0.15) is 5.69 Å². The van der Waals surface area contributed by atoms with Crippen molar-refractivity contribution in [2.24, 2.45) is 5.73 Å². The molecule has 0 atom stereocenters. The third kappa shape index (κ3) is 1.66. The normalized spacial score (nSPS) is 10.6. The Bertz CT molecular complexity index is 408. The summed E-state index contributed by atoms with van der Waals surface area (Å²) in [4.78, 5) is 0. The smallest absolute Gasteiger partial charge is 0.202 e. The molecule has 13 heavy (non-hydrogen) atoms. The summed E-state index contributed by atoms with van der Waals surface area (Å²) < 4.78 is 10.9. The highest BCUT2D eigenvalue weighted by Crippen LogP contribution is 2.25. The second-order valence-corrected chi connectivity index (χ2v) is 3.27. The third-order valence-electron chi connectivity index (χ3n) is 1.58. The van der Waals surface area contributed by atoms with Crippen LogP contribution >= 0.6 is 15.9 Å². The molecule has 0 aliphatic carbocycles. The van der Waals surface area contributed by atoms with Crippen molar-refractivity contribution in [1.29, 1.82) is 0 Å². The van der Waals surface area contributed by atoms with Gasteiger partial charge < -0.3 is 14.7 Å². The monoisotopic (exact) mass is 242 g/mol. The number of halogens is 1. The fraction of sp³-hybridized carbons (Fsp3) is 0.125. The van der Waals surface area contributed by atoms with E-state index in [1.165, 1.54) is 0 Å². The summed E-state index contributed by atoms with van der Waals surface area (Å²) in [6.07, 6.45) is 0. The minimum atomic E-state index is 0.366. The average molecular weight is 243 g/mol. The van der Waals surface area contributed by atoms with Crippen molar-refractivity contribution in [2.75, 3.05) is 0 Å². The SMILES string of the molecule is NCc1cc(-c2ccc(Br)o2)on1. The Morgan fingerprint density at radius 2 is 2.23 bits per heavy atom. The number of furan rings is 1. The molecule has 0 radical (unpaired) electrons. The number of hydrogen-bond acceptors (Lipinski definition) is 4. The zero-order valence-electron chi connectivity index (χ0n) is 6.66. The molecule has 0 unspecified atom stereocenters. The molecule has 0 aliphatic heterocycles. The van der Waals surface area contributed by atoms with Gasteiger partial charge >= 0.3 is 0 Å². The molecule has 0 saturated heterocycles. The van der Waals surface area contributed by atoms with Gasteiger partial charge in [-0.25, -0.2) is 0 Å². The largest absolute Gasteiger partial charge is 0.446 e. The number of aromatic nitrogens is 1. The lowest BCUT2D eigenvalue weighted by Crippen LogP contribution is -1.94. The predicted molar refractivity (Wildman–Crippen MR) is 49.8 cm³/mol. The summed E-state index contributed by atoms with van der Waals surface area (Å²) >= 11 is 3.20. The van der Waals surface area contributed by atoms with Gasteiger partial charge in [-0.2, -0.15) is 0 Å². The minimum Gasteiger partial charge on any atom is -0.446 e. The Kier molecular flexibility index (Phi) is 2.20. The van der Waals surface area contributed by atoms with Crippen molar-refractivity contribution < 1.29 is 8.94 Å². The lowest BCUT2D eigenvalue weighted by molar-refractivity contribution is 0.409. The van der Waals surface area contributed by atoms with E-state index in [-0.39, 0.29) is 0 Å². The van der Waals surface area contributed by atoms with E-state index >= 15 is 0 Å². The first-order valence-corrected chi connectivity index (χ1v) is 4.50. The van der Waals surface area contributed by atoms with Crippen LogP contribution in [0.4, 0.5) is 0 Å². The summed E-state index contributed by atoms with van der Waals surface area (Å²) in [6.45, 7) is 0.366. The molecule has 0 aromatic carbocycles. The van der Waals surface area contributed by atoms with Gasteiger partial charge in [0.25, 0.3) is 0 Å². The zero-order chi connectivity index (χ0) is 9.26. The van der Waals surface area contributed by atoms with E-state index in [0.717, 1.165) is 0 Å². The second kappa shape index (κ2) is 3.35. The Balaban J connectivity index is 2.35. The van der Waals surface area contributed by atoms with E-state index in [9.17, 15) is 0 Å². The Morgan fingerprint density at radius 3 is 2.77 bits per heavy atom. The summed E-state index contributed by atoms with van der Waals surface area (Å²) in [6, 6.07) is 5.34. The van der Waals surface area contributed by atoms with Gasteiger partial charge in [-0.15, -0.1) is 0 Å². The lowest BCUT2D eigenvalue weighted by atomic mass is 10.3. The highest BCUT2D eigenvalue weighted by atomic mass is 79.9. The molecule has 2 rings (SSSR count). The van der Waals surface area contributed by atoms with Gasteiger partial charge in [-0.3, -0.25) is 0 Å². The van der Waals surface area contributed by atoms with Crippen molar-refractivity contribution in [3.63, 3.8) is 0 Å². The van der Waals surface area contributed by atoms with Gasteiger partial charge in [-0.1, -0.05) is 5.16 Å². The van der Waals surface area contributed by atoms with Gasteiger partial charge in [0.05, 0.1) is 5.69 Å². The van der Waals surface area contributed by atoms with Crippen molar-refractivity contribution in [3.05, 3.63) is 28.6 Å². The van der Waals surface area contributed by atoms with Gasteiger partial charge in [0, 0.05) is 12.6 Å². The van der Waals surface area contributed by atoms with E-state index in [0.29, 0.717) is 28.4 Å². The Morgan fingerprint density at radius 1 is 1.38 bits per heavy atom. The van der Waals surface area contributed by atoms with E-state index in [1.54, 1.807) is 18.2 Å². The molecule has 4 nitrogen and oxygen atoms in total. The summed E-state index contributed by atoms with van der Waals surface area (Å²) in [5, 5.41) is 3.75. The highest BCUT2D eigenvalue weighted by Gasteiger charge is 2.09. The maximum absolute atomic E-state index is 5.38. The van der Waals surface area contributed by atoms with Crippen LogP contribution in [0.2, 0.25) is 0 Å². The standard InChI is InChI=1S/C8H7BrN2O2/c9-8-2-1-6(12-8)7-3-5(4-10)11-13-7/h1-3H,4,10H2. The highest BCUT2D eigenvalue weighted by molar-refractivity contribution is 9.10. The molecule has 2 heterocycles. The number of hydrogen-bond donors (Lipinski definition) is 1. The number of nitrogens with zero attached hydrogens (tertiary/aromatic N) is 1. The van der Waals surface area contributed by atoms with E-state index in [1.807, 2.05) is 0 Å². The molecule has 0 amide bonds. The van der Waals surface area contributed by atoms with Crippen LogP contribution in [-0.4, -0.2) is 5.16 Å². The maximum atomic E-state index is 5.38. The molecule has 5 heteroatoms. The van der Waals surface area contributed by atoms with Crippen molar-refractivity contribution >= 4 is 15.9 Å². The van der Waals surface area contributed by atoms with Crippen molar-refractivity contribution in [1.82, 2.24) is 5.16 Å². The Labute approximate surface area is 82.8 Å². The first-order chi connectivity index (χ1) is 6.29. The van der Waals surface area contributed by atoms with E-state index in [4.69, 9.17) is 14.7 Å². The first-order valence-electron chi connectivity index (χ1n) is 3.71. The van der Waals surface area contributed by atoms with Crippen LogP contribution in [0.25, 0.3) is 11.5 Å². The third-order valence-corrected chi connectivity index (χ3v) is 2.01. The summed E-state index contributed by atoms with van der Waals surface area (Å²) in [5.41, 5.74) is 6.09. The van der Waals surface area contributed by atoms with Crippen molar-refractivity contribution in [3.8, 4) is 11.5 Å². The van der Waals surface area contributed by atoms with Gasteiger partial charge in [0.2, 0.25) is 5.76 Å². The number of nitrogens with two attached hydrogens (primary N) is 1. The predicted octanol–water partition coefficient (Wildman–Crippen LogP) is 2.16. The topological polar surface area (TPSA) is 65.2 Å². The van der Waals surface area contributed by atoms with Crippen LogP contribution in [0, 0.1) is 0 Å². The van der Waals surface area contributed by atoms with Crippen molar-refractivity contribution in [2.45, 2.75) is 6.54 Å². The average Bonchev–Trinajstić information content (AvgIpc) is 2.71.